The highest BCUT2D eigenvalue weighted by Gasteiger charge is 2.58. The van der Waals surface area contributed by atoms with E-state index in [1.165, 1.54) is 12.1 Å². The molecule has 0 unspecified atom stereocenters. The number of benzene rings is 9. The Balaban J connectivity index is 1.15. The summed E-state index contributed by atoms with van der Waals surface area (Å²) in [6.45, 7) is -3.83. The number of nitrogens with zero attached hydrogens (tertiary/aromatic N) is 1. The Morgan fingerprint density at radius 2 is 0.559 bits per heavy atom. The monoisotopic (exact) mass is 1340 g/mol. The van der Waals surface area contributed by atoms with Crippen LogP contribution in [0.5, 0.6) is 5.75 Å². The van der Waals surface area contributed by atoms with Crippen molar-refractivity contribution < 1.29 is 86.9 Å². The number of hydrogen-bond acceptors (Lipinski definition) is 20. The van der Waals surface area contributed by atoms with Crippen molar-refractivity contribution in [3.63, 3.8) is 0 Å². The van der Waals surface area contributed by atoms with E-state index in [4.69, 9.17) is 63.8 Å². The van der Waals surface area contributed by atoms with Gasteiger partial charge in [-0.1, -0.05) is 243 Å². The van der Waals surface area contributed by atoms with E-state index in [2.05, 4.69) is 0 Å². The molecule has 1 aliphatic heterocycles. The molecule has 1 fully saturated rings. The summed E-state index contributed by atoms with van der Waals surface area (Å²) in [4.78, 5) is 11.4. The second-order valence-electron chi connectivity index (χ2n) is 20.8. The van der Waals surface area contributed by atoms with Crippen molar-refractivity contribution in [3.8, 4) is 5.75 Å². The molecule has 93 heavy (non-hydrogen) atoms. The lowest BCUT2D eigenvalue weighted by Crippen LogP contribution is -2.62. The maximum Gasteiger partial charge on any atom is 0.476 e. The van der Waals surface area contributed by atoms with Crippen LogP contribution < -0.4 is 4.74 Å². The van der Waals surface area contributed by atoms with Crippen LogP contribution in [0.3, 0.4) is 0 Å². The van der Waals surface area contributed by atoms with Gasteiger partial charge < -0.3 is 9.47 Å². The Labute approximate surface area is 538 Å². The number of nitro benzene ring substituents is 1. The summed E-state index contributed by atoms with van der Waals surface area (Å²) in [5.74, 6) is -0.114. The Morgan fingerprint density at radius 1 is 0.312 bits per heavy atom. The van der Waals surface area contributed by atoms with Crippen molar-refractivity contribution in [2.75, 3.05) is 6.61 Å². The van der Waals surface area contributed by atoms with Gasteiger partial charge in [0.05, 0.1) is 64.4 Å². The minimum Gasteiger partial charge on any atom is -0.462 e. The van der Waals surface area contributed by atoms with Gasteiger partial charge in [0.15, 0.2) is 6.10 Å². The summed E-state index contributed by atoms with van der Waals surface area (Å²) >= 11 is 0. The second-order valence-corrected chi connectivity index (χ2v) is 27.3. The van der Waals surface area contributed by atoms with Crippen molar-refractivity contribution in [2.24, 2.45) is 0 Å². The third kappa shape index (κ3) is 21.6. The molecule has 1 saturated heterocycles. The minimum atomic E-state index is -5.20. The van der Waals surface area contributed by atoms with Gasteiger partial charge in [-0.15, -0.1) is 0 Å². The number of hydrogen-bond donors (Lipinski definition) is 0. The van der Waals surface area contributed by atoms with Crippen molar-refractivity contribution in [3.05, 3.63) is 322 Å². The molecule has 0 aliphatic carbocycles. The highest BCUT2D eigenvalue weighted by Crippen LogP contribution is 2.61. The minimum absolute atomic E-state index is 0.114. The van der Waals surface area contributed by atoms with Gasteiger partial charge in [0.2, 0.25) is 6.29 Å². The predicted molar refractivity (Wildman–Crippen MR) is 343 cm³/mol. The molecule has 9 aromatic carbocycles. The Kier molecular flexibility index (Phi) is 25.1. The number of nitro groups is 1. The normalized spacial score (nSPS) is 17.0. The summed E-state index contributed by atoms with van der Waals surface area (Å²) in [7, 11) is -20.3. The first kappa shape index (κ1) is 68.4. The fourth-order valence-electron chi connectivity index (χ4n) is 9.09. The average molecular weight is 1340 g/mol. The standard InChI is InChI=1S/C68H67NO20P4/c70-69(71)62-41-43-63(44-42-62)85-68-67(89-93(75,82-51-60-37-21-7-22-38-60)83-52-61-39-23-8-24-40-61)66(88-92(74,80-49-58-33-17-5-18-34-58)81-50-59-35-19-6-20-36-59)65(87-91(73,78-47-56-29-13-3-14-30-56)79-48-57-31-15-4-16-32-57)64(86-68)53-84-90(72,76-45-54-25-9-1-10-26-54)77-46-55-27-11-2-12-28-55/h1-44,64-68H,45-53H2/t64-,65-,66+,67-,68+/m1/s1. The molecule has 21 nitrogen and oxygen atoms in total. The molecular weight excluding hydrogens is 1270 g/mol. The van der Waals surface area contributed by atoms with Gasteiger partial charge in [-0.05, 0) is 56.6 Å². The van der Waals surface area contributed by atoms with E-state index in [9.17, 15) is 10.1 Å². The van der Waals surface area contributed by atoms with Crippen LogP contribution in [0.15, 0.2) is 267 Å². The molecule has 25 heteroatoms. The molecule has 0 saturated carbocycles. The van der Waals surface area contributed by atoms with Crippen LogP contribution in [0.2, 0.25) is 0 Å². The number of phosphoric ester groups is 4. The largest absolute Gasteiger partial charge is 0.476 e. The van der Waals surface area contributed by atoms with Crippen LogP contribution in [-0.4, -0.2) is 42.2 Å². The third-order valence-corrected chi connectivity index (χ3v) is 19.4. The lowest BCUT2D eigenvalue weighted by atomic mass is 9.99. The lowest BCUT2D eigenvalue weighted by molar-refractivity contribution is -0.384. The van der Waals surface area contributed by atoms with E-state index >= 15 is 18.3 Å². The Morgan fingerprint density at radius 3 is 0.828 bits per heavy atom. The highest BCUT2D eigenvalue weighted by atomic mass is 31.2. The van der Waals surface area contributed by atoms with Gasteiger partial charge in [-0.3, -0.25) is 64.4 Å². The van der Waals surface area contributed by atoms with E-state index in [1.54, 1.807) is 243 Å². The average Bonchev–Trinajstić information content (AvgIpc) is 0.777. The summed E-state index contributed by atoms with van der Waals surface area (Å²) in [5, 5.41) is 12.0. The van der Waals surface area contributed by atoms with Crippen LogP contribution in [-0.2, 0) is 130 Å². The predicted octanol–water partition coefficient (Wildman–Crippen LogP) is 17.0. The molecule has 1 aliphatic rings. The number of non-ortho nitro benzene ring substituents is 1. The molecule has 5 atom stereocenters. The molecule has 0 aromatic heterocycles. The van der Waals surface area contributed by atoms with E-state index < -0.39 is 86.7 Å². The molecule has 0 amide bonds. The first-order valence-electron chi connectivity index (χ1n) is 29.4. The topological polar surface area (TPSA) is 241 Å². The molecule has 10 rings (SSSR count). The lowest BCUT2D eigenvalue weighted by Gasteiger charge is -2.46. The molecular formula is C68H67NO20P4. The highest BCUT2D eigenvalue weighted by molar-refractivity contribution is 7.49. The summed E-state index contributed by atoms with van der Waals surface area (Å²) in [5.41, 5.74) is 4.02. The van der Waals surface area contributed by atoms with Crippen molar-refractivity contribution in [1.82, 2.24) is 0 Å². The first-order chi connectivity index (χ1) is 45.3. The molecule has 0 N–H and O–H groups in total. The Hall–Kier alpha value is -7.42. The van der Waals surface area contributed by atoms with E-state index in [0.29, 0.717) is 44.5 Å². The fraction of sp³-hybridized carbons (Fsp3) is 0.206. The molecule has 0 radical (unpaired) electrons. The molecule has 484 valence electrons. The van der Waals surface area contributed by atoms with Crippen molar-refractivity contribution >= 4 is 37.0 Å². The van der Waals surface area contributed by atoms with E-state index in [0.717, 1.165) is 12.1 Å². The number of phosphoric acid groups is 4. The van der Waals surface area contributed by atoms with Crippen LogP contribution in [0, 0.1) is 10.1 Å². The van der Waals surface area contributed by atoms with Gasteiger partial charge in [0, 0.05) is 12.1 Å². The van der Waals surface area contributed by atoms with Crippen LogP contribution in [0.4, 0.5) is 5.69 Å². The van der Waals surface area contributed by atoms with E-state index in [1.807, 2.05) is 0 Å². The smallest absolute Gasteiger partial charge is 0.462 e. The third-order valence-electron chi connectivity index (χ3n) is 13.9. The zero-order chi connectivity index (χ0) is 64.6. The van der Waals surface area contributed by atoms with Crippen molar-refractivity contribution in [2.45, 2.75) is 83.6 Å². The van der Waals surface area contributed by atoms with Crippen LogP contribution in [0.25, 0.3) is 0 Å². The van der Waals surface area contributed by atoms with Gasteiger partial charge in [-0.2, -0.15) is 0 Å². The van der Waals surface area contributed by atoms with Gasteiger partial charge >= 0.3 is 31.3 Å². The maximum absolute atomic E-state index is 16.2. The SMILES string of the molecule is O=[N+]([O-])c1ccc(O[C@H]2O[C@H](COP(=O)(OCc3ccccc3)OCc3ccccc3)[C@@H](OP(=O)(OCc3ccccc3)OCc3ccccc3)[C@H](OP(=O)(OCc3ccccc3)OCc3ccccc3)[C@H]2OP(=O)(OCc2ccccc2)OCc2ccccc2)cc1. The van der Waals surface area contributed by atoms with E-state index in [-0.39, 0.29) is 51.1 Å². The first-order valence-corrected chi connectivity index (χ1v) is 35.2. The summed E-state index contributed by atoms with van der Waals surface area (Å²) in [6.07, 6.45) is -10.3. The maximum atomic E-state index is 16.2. The van der Waals surface area contributed by atoms with Gasteiger partial charge in [0.25, 0.3) is 5.69 Å². The van der Waals surface area contributed by atoms with Gasteiger partial charge in [0.1, 0.15) is 24.1 Å². The summed E-state index contributed by atoms with van der Waals surface area (Å²) in [6, 6.07) is 74.5. The molecule has 0 bridgehead atoms. The van der Waals surface area contributed by atoms with Crippen LogP contribution in [0.1, 0.15) is 44.5 Å². The fourth-order valence-corrected chi connectivity index (χ4v) is 14.3. The molecule has 1 heterocycles. The number of rotatable bonds is 36. The number of ether oxygens (including phenoxy) is 2. The Bertz CT molecular complexity index is 3710. The molecule has 0 spiro atoms. The summed E-state index contributed by atoms with van der Waals surface area (Å²) < 4.78 is 154. The van der Waals surface area contributed by atoms with Gasteiger partial charge in [-0.25, -0.2) is 18.3 Å². The van der Waals surface area contributed by atoms with Crippen LogP contribution >= 0.6 is 31.3 Å². The second kappa shape index (κ2) is 34.1. The zero-order valence-electron chi connectivity index (χ0n) is 50.1. The van der Waals surface area contributed by atoms with Crippen molar-refractivity contribution in [1.29, 1.82) is 0 Å². The quantitative estimate of drug-likeness (QED) is 0.0201. The molecule has 9 aromatic rings. The zero-order valence-corrected chi connectivity index (χ0v) is 53.6.